The number of carbonyl (C=O) groups is 1. The van der Waals surface area contributed by atoms with Crippen LogP contribution in [0.5, 0.6) is 5.75 Å². The molecule has 2 rings (SSSR count). The summed E-state index contributed by atoms with van der Waals surface area (Å²) < 4.78 is 5.32. The molecule has 0 aliphatic rings. The number of carbonyl (C=O) groups excluding carboxylic acids is 1. The van der Waals surface area contributed by atoms with E-state index in [4.69, 9.17) is 16.3 Å². The zero-order valence-corrected chi connectivity index (χ0v) is 12.8. The number of nitrogens with one attached hydrogen (secondary N) is 1. The van der Waals surface area contributed by atoms with E-state index in [-0.39, 0.29) is 17.3 Å². The number of hydrogen-bond donors (Lipinski definition) is 1. The monoisotopic (exact) mass is 333 g/mol. The van der Waals surface area contributed by atoms with Crippen LogP contribution in [0.25, 0.3) is 0 Å². The molecule has 2 aromatic rings. The molecule has 118 valence electrons. The molecule has 0 saturated carbocycles. The molecule has 0 radical (unpaired) electrons. The van der Waals surface area contributed by atoms with Crippen molar-refractivity contribution in [3.63, 3.8) is 0 Å². The Labute approximate surface area is 136 Å². The summed E-state index contributed by atoms with van der Waals surface area (Å²) in [5.41, 5.74) is 2.98. The minimum Gasteiger partial charge on any atom is -0.435 e. The normalized spacial score (nSPS) is 11.0. The van der Waals surface area contributed by atoms with Crippen LogP contribution in [-0.4, -0.2) is 16.6 Å². The molecule has 0 aliphatic carbocycles. The van der Waals surface area contributed by atoms with Crippen molar-refractivity contribution < 1.29 is 14.5 Å². The number of nitro groups is 1. The molecule has 0 aliphatic heterocycles. The molecule has 0 atom stereocenters. The van der Waals surface area contributed by atoms with Crippen molar-refractivity contribution in [1.82, 2.24) is 0 Å². The Hall–Kier alpha value is -2.93. The molecule has 0 bridgehead atoms. The highest BCUT2D eigenvalue weighted by molar-refractivity contribution is 6.36. The zero-order valence-electron chi connectivity index (χ0n) is 12.0. The number of non-ortho nitro benzene ring substituents is 1. The van der Waals surface area contributed by atoms with Crippen LogP contribution in [0.1, 0.15) is 6.92 Å². The minimum absolute atomic E-state index is 0.133. The molecule has 2 aromatic carbocycles. The Bertz CT molecular complexity index is 777. The van der Waals surface area contributed by atoms with Crippen molar-refractivity contribution >= 4 is 34.7 Å². The van der Waals surface area contributed by atoms with Crippen molar-refractivity contribution in [2.24, 2.45) is 5.10 Å². The van der Waals surface area contributed by atoms with Crippen LogP contribution in [0.4, 0.5) is 11.4 Å². The largest absolute Gasteiger partial charge is 0.435 e. The fraction of sp³-hybridized carbons (Fsp3) is 0.0667. The first kappa shape index (κ1) is 16.4. The Morgan fingerprint density at radius 2 is 2.00 bits per heavy atom. The number of hydrogen-bond acceptors (Lipinski definition) is 6. The molecule has 0 aromatic heterocycles. The summed E-state index contributed by atoms with van der Waals surface area (Å²) in [7, 11) is 0. The van der Waals surface area contributed by atoms with Gasteiger partial charge in [0.05, 0.1) is 21.7 Å². The average molecular weight is 334 g/mol. The van der Waals surface area contributed by atoms with Gasteiger partial charge in [-0.2, -0.15) is 0 Å². The van der Waals surface area contributed by atoms with E-state index in [1.165, 1.54) is 31.2 Å². The van der Waals surface area contributed by atoms with Gasteiger partial charge in [-0.1, -0.05) is 29.8 Å². The first-order valence-corrected chi connectivity index (χ1v) is 6.86. The lowest BCUT2D eigenvalue weighted by molar-refractivity contribution is -0.384. The highest BCUT2D eigenvalue weighted by Crippen LogP contribution is 2.21. The highest BCUT2D eigenvalue weighted by Gasteiger charge is 2.12. The van der Waals surface area contributed by atoms with Gasteiger partial charge in [-0.25, -0.2) is 0 Å². The maximum Gasteiger partial charge on any atom is 0.280 e. The Morgan fingerprint density at radius 1 is 1.26 bits per heavy atom. The number of Topliss-reactive ketones (excluding diaryl/α,β-unsaturated/α-hetero) is 1. The summed E-state index contributed by atoms with van der Waals surface area (Å²) in [6.07, 6.45) is 0. The summed E-state index contributed by atoms with van der Waals surface area (Å²) in [4.78, 5) is 21.8. The third-order valence-corrected chi connectivity index (χ3v) is 3.03. The van der Waals surface area contributed by atoms with Crippen LogP contribution < -0.4 is 10.2 Å². The molecule has 0 unspecified atom stereocenters. The molecule has 0 spiro atoms. The number of para-hydroxylation sites is 1. The topological polar surface area (TPSA) is 93.8 Å². The van der Waals surface area contributed by atoms with Crippen molar-refractivity contribution in [3.05, 3.63) is 63.7 Å². The average Bonchev–Trinajstić information content (AvgIpc) is 2.52. The van der Waals surface area contributed by atoms with Crippen molar-refractivity contribution in [1.29, 1.82) is 0 Å². The van der Waals surface area contributed by atoms with Gasteiger partial charge in [0.25, 0.3) is 11.6 Å². The van der Waals surface area contributed by atoms with Gasteiger partial charge < -0.3 is 4.74 Å². The standard InChI is InChI=1S/C15H12ClN3O4/c1-10(20)15(18-17-14-8-3-2-7-13(14)16)23-12-6-4-5-11(9-12)19(21)22/h2-9,17H,1H3/b18-15+. The Morgan fingerprint density at radius 3 is 2.65 bits per heavy atom. The lowest BCUT2D eigenvalue weighted by atomic mass is 10.3. The van der Waals surface area contributed by atoms with E-state index < -0.39 is 10.7 Å². The van der Waals surface area contributed by atoms with Gasteiger partial charge in [-0.15, -0.1) is 5.10 Å². The number of benzene rings is 2. The SMILES string of the molecule is CC(=O)/C(=N\Nc1ccccc1Cl)Oc1cccc([N+](=O)[O-])c1. The van der Waals surface area contributed by atoms with E-state index in [1.54, 1.807) is 24.3 Å². The van der Waals surface area contributed by atoms with Gasteiger partial charge in [0, 0.05) is 13.0 Å². The number of hydrazone groups is 1. The summed E-state index contributed by atoms with van der Waals surface area (Å²) in [6, 6.07) is 12.3. The maximum absolute atomic E-state index is 11.6. The van der Waals surface area contributed by atoms with Crippen LogP contribution in [0.3, 0.4) is 0 Å². The number of ketones is 1. The number of nitrogens with zero attached hydrogens (tertiary/aromatic N) is 2. The van der Waals surface area contributed by atoms with Crippen LogP contribution in [0.15, 0.2) is 53.6 Å². The highest BCUT2D eigenvalue weighted by atomic mass is 35.5. The van der Waals surface area contributed by atoms with E-state index in [9.17, 15) is 14.9 Å². The van der Waals surface area contributed by atoms with Crippen LogP contribution >= 0.6 is 11.6 Å². The van der Waals surface area contributed by atoms with Crippen LogP contribution in [0, 0.1) is 10.1 Å². The van der Waals surface area contributed by atoms with Gasteiger partial charge in [0.2, 0.25) is 5.78 Å². The molecule has 23 heavy (non-hydrogen) atoms. The summed E-state index contributed by atoms with van der Waals surface area (Å²) in [6.45, 7) is 1.27. The summed E-state index contributed by atoms with van der Waals surface area (Å²) in [5.74, 6) is -0.560. The molecular formula is C15H12ClN3O4. The maximum atomic E-state index is 11.6. The van der Waals surface area contributed by atoms with Gasteiger partial charge >= 0.3 is 0 Å². The Balaban J connectivity index is 2.20. The molecular weight excluding hydrogens is 322 g/mol. The van der Waals surface area contributed by atoms with Gasteiger partial charge in [-0.05, 0) is 18.2 Å². The second kappa shape index (κ2) is 7.37. The van der Waals surface area contributed by atoms with E-state index in [1.807, 2.05) is 0 Å². The third-order valence-electron chi connectivity index (χ3n) is 2.70. The number of rotatable bonds is 5. The quantitative estimate of drug-likeness (QED) is 0.390. The predicted molar refractivity (Wildman–Crippen MR) is 86.9 cm³/mol. The fourth-order valence-corrected chi connectivity index (χ4v) is 1.79. The predicted octanol–water partition coefficient (Wildman–Crippen LogP) is 3.64. The van der Waals surface area contributed by atoms with Gasteiger partial charge in [-0.3, -0.25) is 20.3 Å². The second-order valence-electron chi connectivity index (χ2n) is 4.42. The van der Waals surface area contributed by atoms with Crippen molar-refractivity contribution in [2.45, 2.75) is 6.92 Å². The number of anilines is 1. The lowest BCUT2D eigenvalue weighted by Gasteiger charge is -2.07. The van der Waals surface area contributed by atoms with E-state index >= 15 is 0 Å². The second-order valence-corrected chi connectivity index (χ2v) is 4.83. The molecule has 0 amide bonds. The van der Waals surface area contributed by atoms with Crippen LogP contribution in [0.2, 0.25) is 5.02 Å². The minimum atomic E-state index is -0.556. The molecule has 8 heteroatoms. The first-order valence-electron chi connectivity index (χ1n) is 6.49. The number of nitro benzene ring substituents is 1. The van der Waals surface area contributed by atoms with E-state index in [2.05, 4.69) is 10.5 Å². The molecule has 0 heterocycles. The first-order chi connectivity index (χ1) is 11.0. The lowest BCUT2D eigenvalue weighted by Crippen LogP contribution is -2.19. The Kier molecular flexibility index (Phi) is 5.27. The summed E-state index contributed by atoms with van der Waals surface area (Å²) in [5, 5.41) is 15.0. The molecule has 7 nitrogen and oxygen atoms in total. The van der Waals surface area contributed by atoms with Crippen LogP contribution in [-0.2, 0) is 4.79 Å². The smallest absolute Gasteiger partial charge is 0.280 e. The van der Waals surface area contributed by atoms with Gasteiger partial charge in [0.1, 0.15) is 5.75 Å². The summed E-state index contributed by atoms with van der Waals surface area (Å²) >= 11 is 5.97. The third kappa shape index (κ3) is 4.52. The van der Waals surface area contributed by atoms with E-state index in [0.29, 0.717) is 10.7 Å². The number of ether oxygens (including phenoxy) is 1. The van der Waals surface area contributed by atoms with E-state index in [0.717, 1.165) is 0 Å². The molecule has 0 saturated heterocycles. The fourth-order valence-electron chi connectivity index (χ4n) is 1.61. The molecule has 0 fully saturated rings. The van der Waals surface area contributed by atoms with Gasteiger partial charge in [0.15, 0.2) is 0 Å². The zero-order chi connectivity index (χ0) is 16.8. The molecule has 1 N–H and O–H groups in total. The van der Waals surface area contributed by atoms with Crippen molar-refractivity contribution in [2.75, 3.05) is 5.43 Å². The number of halogens is 1. The van der Waals surface area contributed by atoms with Crippen molar-refractivity contribution in [3.8, 4) is 5.75 Å².